The molecule has 2 amide bonds. The number of amides is 2. The van der Waals surface area contributed by atoms with Gasteiger partial charge in [-0.05, 0) is 44.8 Å². The van der Waals surface area contributed by atoms with Crippen molar-refractivity contribution in [3.8, 4) is 0 Å². The third-order valence-electron chi connectivity index (χ3n) is 5.28. The summed E-state index contributed by atoms with van der Waals surface area (Å²) in [7, 11) is 4.10. The van der Waals surface area contributed by atoms with Crippen LogP contribution in [0.15, 0.2) is 24.3 Å². The zero-order chi connectivity index (χ0) is 21.4. The lowest BCUT2D eigenvalue weighted by Gasteiger charge is -2.33. The van der Waals surface area contributed by atoms with Crippen molar-refractivity contribution in [2.24, 2.45) is 11.3 Å². The molecule has 2 rings (SSSR count). The number of rotatable bonds is 9. The largest absolute Gasteiger partial charge is 0.355 e. The van der Waals surface area contributed by atoms with Crippen molar-refractivity contribution in [1.29, 1.82) is 0 Å². The van der Waals surface area contributed by atoms with Gasteiger partial charge in [0.1, 0.15) is 0 Å². The third kappa shape index (κ3) is 8.39. The van der Waals surface area contributed by atoms with Crippen molar-refractivity contribution in [1.82, 2.24) is 15.1 Å². The molecule has 29 heavy (non-hydrogen) atoms. The highest BCUT2D eigenvalue weighted by Crippen LogP contribution is 2.21. The first-order chi connectivity index (χ1) is 13.7. The molecule has 0 saturated carbocycles. The smallest absolute Gasteiger partial charge is 0.232 e. The molecule has 0 radical (unpaired) electrons. The minimum atomic E-state index is 0.0224. The molecule has 0 bridgehead atoms. The number of hydrogen-bond acceptors (Lipinski definition) is 4. The monoisotopic (exact) mass is 419 g/mol. The molecule has 1 saturated heterocycles. The molecule has 162 valence electrons. The summed E-state index contributed by atoms with van der Waals surface area (Å²) in [5.41, 5.74) is 2.56. The average Bonchev–Trinajstić information content (AvgIpc) is 2.65. The number of nitrogens with one attached hydrogen (secondary N) is 1. The van der Waals surface area contributed by atoms with Crippen LogP contribution in [0.4, 0.5) is 0 Å². The molecular weight excluding hydrogens is 382 g/mol. The van der Waals surface area contributed by atoms with E-state index < -0.39 is 0 Å². The van der Waals surface area contributed by atoms with Gasteiger partial charge in [0.05, 0.1) is 5.75 Å². The summed E-state index contributed by atoms with van der Waals surface area (Å²) in [5.74, 6) is 1.71. The van der Waals surface area contributed by atoms with Crippen molar-refractivity contribution in [3.05, 3.63) is 35.4 Å². The van der Waals surface area contributed by atoms with E-state index >= 15 is 0 Å². The predicted octanol–water partition coefficient (Wildman–Crippen LogP) is 3.17. The summed E-state index contributed by atoms with van der Waals surface area (Å²) in [6, 6.07) is 8.42. The summed E-state index contributed by atoms with van der Waals surface area (Å²) in [6.45, 7) is 9.40. The van der Waals surface area contributed by atoms with Crippen LogP contribution in [-0.2, 0) is 15.3 Å². The van der Waals surface area contributed by atoms with Crippen LogP contribution in [0.5, 0.6) is 0 Å². The minimum absolute atomic E-state index is 0.0224. The zero-order valence-corrected chi connectivity index (χ0v) is 19.5. The average molecular weight is 420 g/mol. The maximum absolute atomic E-state index is 12.5. The van der Waals surface area contributed by atoms with Crippen LogP contribution in [0.3, 0.4) is 0 Å². The van der Waals surface area contributed by atoms with E-state index in [2.05, 4.69) is 69.3 Å². The molecule has 1 heterocycles. The van der Waals surface area contributed by atoms with Gasteiger partial charge in [0, 0.05) is 37.8 Å². The van der Waals surface area contributed by atoms with Crippen LogP contribution in [0, 0.1) is 18.3 Å². The Hall–Kier alpha value is -1.53. The molecule has 0 unspecified atom stereocenters. The Kier molecular flexibility index (Phi) is 9.03. The van der Waals surface area contributed by atoms with Crippen LogP contribution in [-0.4, -0.2) is 67.6 Å². The number of likely N-dealkylation sites (tertiary alicyclic amines) is 1. The molecule has 5 nitrogen and oxygen atoms in total. The number of carbonyl (C=O) groups is 2. The van der Waals surface area contributed by atoms with Crippen LogP contribution in [0.1, 0.15) is 37.8 Å². The lowest BCUT2D eigenvalue weighted by Crippen LogP contribution is -2.46. The highest BCUT2D eigenvalue weighted by molar-refractivity contribution is 7.99. The van der Waals surface area contributed by atoms with Gasteiger partial charge in [-0.2, -0.15) is 0 Å². The fourth-order valence-electron chi connectivity index (χ4n) is 3.92. The zero-order valence-electron chi connectivity index (χ0n) is 18.7. The highest BCUT2D eigenvalue weighted by Gasteiger charge is 2.28. The Balaban J connectivity index is 1.68. The van der Waals surface area contributed by atoms with Crippen molar-refractivity contribution in [2.45, 2.75) is 39.4 Å². The van der Waals surface area contributed by atoms with Crippen LogP contribution in [0.25, 0.3) is 0 Å². The van der Waals surface area contributed by atoms with E-state index in [1.807, 2.05) is 4.90 Å². The van der Waals surface area contributed by atoms with E-state index in [4.69, 9.17) is 0 Å². The number of hydrogen-bond donors (Lipinski definition) is 1. The van der Waals surface area contributed by atoms with Gasteiger partial charge in [0.2, 0.25) is 11.8 Å². The van der Waals surface area contributed by atoms with Crippen molar-refractivity contribution < 1.29 is 9.59 Å². The lowest BCUT2D eigenvalue weighted by molar-refractivity contribution is -0.133. The Morgan fingerprint density at radius 2 is 1.93 bits per heavy atom. The Bertz CT molecular complexity index is 682. The van der Waals surface area contributed by atoms with Crippen molar-refractivity contribution >= 4 is 23.6 Å². The molecule has 1 N–H and O–H groups in total. The van der Waals surface area contributed by atoms with Gasteiger partial charge in [0.15, 0.2) is 0 Å². The van der Waals surface area contributed by atoms with Crippen molar-refractivity contribution in [3.63, 3.8) is 0 Å². The van der Waals surface area contributed by atoms with Crippen molar-refractivity contribution in [2.75, 3.05) is 46.0 Å². The molecule has 6 heteroatoms. The molecule has 1 aromatic rings. The molecule has 1 aliphatic rings. The van der Waals surface area contributed by atoms with E-state index in [-0.39, 0.29) is 23.1 Å². The maximum Gasteiger partial charge on any atom is 0.232 e. The fourth-order valence-corrected chi connectivity index (χ4v) is 4.80. The van der Waals surface area contributed by atoms with Gasteiger partial charge >= 0.3 is 0 Å². The molecular formula is C23H37N3O2S. The lowest BCUT2D eigenvalue weighted by atomic mass is 9.91. The number of carbonyl (C=O) groups excluding carboxylic acids is 2. The molecule has 1 aliphatic heterocycles. The molecule has 0 aromatic heterocycles. The SMILES string of the molecule is Cc1cccc(CSCC(=O)N2CCC(C(=O)NCC(C)(C)CN(C)C)CC2)c1. The van der Waals surface area contributed by atoms with Gasteiger partial charge in [-0.25, -0.2) is 0 Å². The Morgan fingerprint density at radius 1 is 1.24 bits per heavy atom. The van der Waals surface area contributed by atoms with E-state index in [1.54, 1.807) is 11.8 Å². The van der Waals surface area contributed by atoms with Gasteiger partial charge in [0.25, 0.3) is 0 Å². The Morgan fingerprint density at radius 3 is 2.55 bits per heavy atom. The second-order valence-corrected chi connectivity index (χ2v) is 10.2. The predicted molar refractivity (Wildman–Crippen MR) is 122 cm³/mol. The first-order valence-electron chi connectivity index (χ1n) is 10.5. The number of nitrogens with zero attached hydrogens (tertiary/aromatic N) is 2. The maximum atomic E-state index is 12.5. The number of aryl methyl sites for hydroxylation is 1. The fraction of sp³-hybridized carbons (Fsp3) is 0.652. The molecule has 1 fully saturated rings. The minimum Gasteiger partial charge on any atom is -0.355 e. The molecule has 0 atom stereocenters. The van der Waals surface area contributed by atoms with E-state index in [9.17, 15) is 9.59 Å². The number of piperidine rings is 1. The standard InChI is InChI=1S/C23H37N3O2S/c1-18-7-6-8-19(13-18)14-29-15-21(27)26-11-9-20(10-12-26)22(28)24-16-23(2,3)17-25(4)5/h6-8,13,20H,9-12,14-17H2,1-5H3,(H,24,28). The van der Waals surface area contributed by atoms with Gasteiger partial charge in [-0.1, -0.05) is 43.7 Å². The normalized spacial score (nSPS) is 15.6. The van der Waals surface area contributed by atoms with Crippen LogP contribution < -0.4 is 5.32 Å². The summed E-state index contributed by atoms with van der Waals surface area (Å²) in [4.78, 5) is 29.1. The first kappa shape index (κ1) is 23.7. The summed E-state index contributed by atoms with van der Waals surface area (Å²) < 4.78 is 0. The molecule has 0 aliphatic carbocycles. The first-order valence-corrected chi connectivity index (χ1v) is 11.7. The second kappa shape index (κ2) is 11.0. The Labute approximate surface area is 180 Å². The quantitative estimate of drug-likeness (QED) is 0.668. The number of thioether (sulfide) groups is 1. The molecule has 1 aromatic carbocycles. The second-order valence-electron chi connectivity index (χ2n) is 9.26. The van der Waals surface area contributed by atoms with Gasteiger partial charge < -0.3 is 15.1 Å². The van der Waals surface area contributed by atoms with E-state index in [0.717, 1.165) is 25.1 Å². The summed E-state index contributed by atoms with van der Waals surface area (Å²) in [5, 5.41) is 3.13. The number of benzene rings is 1. The molecule has 0 spiro atoms. The van der Waals surface area contributed by atoms with Crippen LogP contribution >= 0.6 is 11.8 Å². The van der Waals surface area contributed by atoms with E-state index in [1.165, 1.54) is 11.1 Å². The van der Waals surface area contributed by atoms with E-state index in [0.29, 0.717) is 25.4 Å². The third-order valence-corrected chi connectivity index (χ3v) is 6.27. The summed E-state index contributed by atoms with van der Waals surface area (Å²) >= 11 is 1.67. The highest BCUT2D eigenvalue weighted by atomic mass is 32.2. The van der Waals surface area contributed by atoms with Gasteiger partial charge in [-0.15, -0.1) is 11.8 Å². The van der Waals surface area contributed by atoms with Gasteiger partial charge in [-0.3, -0.25) is 9.59 Å². The van der Waals surface area contributed by atoms with Crippen LogP contribution in [0.2, 0.25) is 0 Å². The topological polar surface area (TPSA) is 52.7 Å². The summed E-state index contributed by atoms with van der Waals surface area (Å²) in [6.07, 6.45) is 1.52.